The molecule has 0 saturated heterocycles. The molecule has 0 unspecified atom stereocenters. The molecule has 0 atom stereocenters. The molecule has 4 radical (unpaired) electrons. The highest BCUT2D eigenvalue weighted by atomic mass is 32.3. The molecule has 0 fully saturated rings. The van der Waals surface area contributed by atoms with Crippen LogP contribution in [0, 0.1) is 0 Å². The van der Waals surface area contributed by atoms with Gasteiger partial charge in [-0.1, -0.05) is 60.7 Å². The Balaban J connectivity index is 0.000000293. The highest BCUT2D eigenvalue weighted by molar-refractivity contribution is 7.81. The maximum atomic E-state index is 11.1. The Morgan fingerprint density at radius 1 is 0.628 bits per heavy atom. The van der Waals surface area contributed by atoms with E-state index in [1.807, 2.05) is 60.7 Å². The molecule has 0 heterocycles. The predicted octanol–water partition coefficient (Wildman–Crippen LogP) is 3.57. The van der Waals surface area contributed by atoms with Crippen molar-refractivity contribution in [3.63, 3.8) is 0 Å². The van der Waals surface area contributed by atoms with Gasteiger partial charge in [-0.3, -0.25) is 18.0 Å². The van der Waals surface area contributed by atoms with Crippen LogP contribution in [0.1, 0.15) is 25.0 Å². The molecule has 12 nitrogen and oxygen atoms in total. The molecule has 0 amide bonds. The van der Waals surface area contributed by atoms with Crippen LogP contribution in [-0.2, 0) is 65.1 Å². The minimum atomic E-state index is -4.70. The van der Waals surface area contributed by atoms with Crippen molar-refractivity contribution in [3.8, 4) is 11.5 Å². The molecule has 0 aliphatic heterocycles. The number of hydrogen-bond acceptors (Lipinski definition) is 12. The van der Waals surface area contributed by atoms with E-state index in [1.165, 1.54) is 13.8 Å². The Bertz CT molecular complexity index is 1670. The average molecular weight is 651 g/mol. The van der Waals surface area contributed by atoms with Crippen LogP contribution in [-0.4, -0.2) is 51.1 Å². The van der Waals surface area contributed by atoms with Gasteiger partial charge in [0.1, 0.15) is 11.5 Å². The maximum absolute atomic E-state index is 11.1. The van der Waals surface area contributed by atoms with E-state index in [1.54, 1.807) is 12.1 Å². The zero-order valence-electron chi connectivity index (χ0n) is 22.9. The van der Waals surface area contributed by atoms with Gasteiger partial charge in [0.25, 0.3) is 0 Å². The van der Waals surface area contributed by atoms with Crippen molar-refractivity contribution in [1.82, 2.24) is 0 Å². The normalized spacial score (nSPS) is 11.3. The molecule has 4 aromatic rings. The monoisotopic (exact) mass is 650 g/mol. The fourth-order valence-electron chi connectivity index (χ4n) is 3.96. The third-order valence-electron chi connectivity index (χ3n) is 5.51. The minimum absolute atomic E-state index is 0. The summed E-state index contributed by atoms with van der Waals surface area (Å²) in [6.45, 7) is 2.08. The summed E-state index contributed by atoms with van der Waals surface area (Å²) in [6, 6.07) is 21.5. The summed E-state index contributed by atoms with van der Waals surface area (Å²) in [7, 11) is -9.40. The zero-order valence-corrected chi connectivity index (χ0v) is 25.3. The minimum Gasteiger partial charge on any atom is -0.726 e. The van der Waals surface area contributed by atoms with E-state index in [9.17, 15) is 35.5 Å². The summed E-state index contributed by atoms with van der Waals surface area (Å²) >= 11 is 0. The Morgan fingerprint density at radius 2 is 0.977 bits per heavy atom. The molecule has 43 heavy (non-hydrogen) atoms. The van der Waals surface area contributed by atoms with E-state index in [2.05, 4.69) is 8.37 Å². The Kier molecular flexibility index (Phi) is 13.1. The maximum Gasteiger partial charge on any atom is 2.00 e. The number of benzene rings is 4. The average Bonchev–Trinajstić information content (AvgIpc) is 2.87. The lowest BCUT2D eigenvalue weighted by molar-refractivity contribution is -0.132. The van der Waals surface area contributed by atoms with Crippen LogP contribution in [0.15, 0.2) is 72.8 Å². The van der Waals surface area contributed by atoms with Gasteiger partial charge in [0, 0.05) is 24.6 Å². The van der Waals surface area contributed by atoms with E-state index >= 15 is 0 Å². The summed E-state index contributed by atoms with van der Waals surface area (Å²) < 4.78 is 81.1. The van der Waals surface area contributed by atoms with Crippen molar-refractivity contribution in [2.75, 3.05) is 13.2 Å². The molecular weight excluding hydrogens is 624 g/mol. The molecule has 0 spiro atoms. The first-order chi connectivity index (χ1) is 19.7. The number of fused-ring (bicyclic) bond motifs is 2. The summed E-state index contributed by atoms with van der Waals surface area (Å²) in [5.74, 6) is -0.118. The molecule has 0 aliphatic rings. The lowest BCUT2D eigenvalue weighted by Gasteiger charge is -2.11. The van der Waals surface area contributed by atoms with Gasteiger partial charge in [-0.05, 0) is 46.9 Å². The lowest BCUT2D eigenvalue weighted by Crippen LogP contribution is -2.08. The summed E-state index contributed by atoms with van der Waals surface area (Å²) in [4.78, 5) is 22.3. The van der Waals surface area contributed by atoms with Gasteiger partial charge < -0.3 is 18.6 Å². The van der Waals surface area contributed by atoms with Crippen LogP contribution < -0.4 is 9.47 Å². The van der Waals surface area contributed by atoms with Crippen LogP contribution in [0.25, 0.3) is 21.5 Å². The third-order valence-corrected chi connectivity index (χ3v) is 6.42. The highest BCUT2D eigenvalue weighted by Gasteiger charge is 2.09. The first-order valence-corrected chi connectivity index (χ1v) is 15.0. The van der Waals surface area contributed by atoms with Gasteiger partial charge in [-0.15, -0.1) is 0 Å². The Labute approximate surface area is 255 Å². The number of carbonyl (C=O) groups is 2. The molecule has 228 valence electrons. The number of ether oxygens (including phenoxy) is 2. The molecule has 0 bridgehead atoms. The molecule has 4 aromatic carbocycles. The lowest BCUT2D eigenvalue weighted by atomic mass is 10.0. The van der Waals surface area contributed by atoms with Crippen LogP contribution in [0.4, 0.5) is 0 Å². The van der Waals surface area contributed by atoms with Crippen molar-refractivity contribution in [1.29, 1.82) is 0 Å². The summed E-state index contributed by atoms with van der Waals surface area (Å²) in [5.41, 5.74) is 1.40. The Morgan fingerprint density at radius 3 is 1.30 bits per heavy atom. The standard InChI is InChI=1S/2C14H14O6S.S/c2*1-10(15)20-14-9-11(6-7-19-21(16,17)18)8-12-4-2-3-5-13(12)14;/h2*2-5,8-9H,6-7H2,1H3,(H,16,17,18);/q;;+2/p-2. The van der Waals surface area contributed by atoms with Crippen molar-refractivity contribution in [2.45, 2.75) is 26.7 Å². The second kappa shape index (κ2) is 15.8. The predicted molar refractivity (Wildman–Crippen MR) is 157 cm³/mol. The van der Waals surface area contributed by atoms with Crippen molar-refractivity contribution < 1.29 is 53.4 Å². The first-order valence-electron chi connectivity index (χ1n) is 12.3. The van der Waals surface area contributed by atoms with Crippen LogP contribution >= 0.6 is 0 Å². The van der Waals surface area contributed by atoms with Crippen molar-refractivity contribution >= 4 is 67.8 Å². The van der Waals surface area contributed by atoms with E-state index < -0.39 is 32.7 Å². The number of esters is 2. The van der Waals surface area contributed by atoms with Gasteiger partial charge in [-0.25, -0.2) is 16.8 Å². The second-order valence-corrected chi connectivity index (χ2v) is 10.9. The van der Waals surface area contributed by atoms with Gasteiger partial charge in [0.15, 0.2) is 0 Å². The fourth-order valence-corrected chi connectivity index (χ4v) is 4.53. The SMILES string of the molecule is CC(=O)Oc1cc(CCOS(=O)(=O)[O-])cc2ccccc12.CC(=O)Oc1cc(CCOS(=O)(=O)[O-])cc2ccccc12.[S+2]. The van der Waals surface area contributed by atoms with Gasteiger partial charge >= 0.3 is 25.4 Å². The van der Waals surface area contributed by atoms with Crippen LogP contribution in [0.5, 0.6) is 11.5 Å². The van der Waals surface area contributed by atoms with Crippen molar-refractivity contribution in [3.05, 3.63) is 83.9 Å². The van der Waals surface area contributed by atoms with Crippen LogP contribution in [0.3, 0.4) is 0 Å². The number of rotatable bonds is 10. The van der Waals surface area contributed by atoms with E-state index in [0.717, 1.165) is 21.5 Å². The Hall–Kier alpha value is -3.57. The molecular formula is C28H26O12S3. The number of carbonyl (C=O) groups excluding carboxylic acids is 2. The zero-order chi connectivity index (χ0) is 30.9. The van der Waals surface area contributed by atoms with E-state index in [0.29, 0.717) is 22.6 Å². The molecule has 0 saturated carbocycles. The third kappa shape index (κ3) is 12.3. The molecule has 15 heteroatoms. The topological polar surface area (TPSA) is 185 Å². The molecule has 0 N–H and O–H groups in total. The van der Waals surface area contributed by atoms with E-state index in [4.69, 9.17) is 9.47 Å². The second-order valence-electron chi connectivity index (χ2n) is 8.78. The van der Waals surface area contributed by atoms with Gasteiger partial charge in [0.2, 0.25) is 20.8 Å². The van der Waals surface area contributed by atoms with Gasteiger partial charge in [0.05, 0.1) is 13.2 Å². The molecule has 4 rings (SSSR count). The molecule has 0 aromatic heterocycles. The van der Waals surface area contributed by atoms with Crippen LogP contribution in [0.2, 0.25) is 0 Å². The van der Waals surface area contributed by atoms with Crippen molar-refractivity contribution in [2.24, 2.45) is 0 Å². The largest absolute Gasteiger partial charge is 2.00 e. The number of hydrogen-bond donors (Lipinski definition) is 0. The smallest absolute Gasteiger partial charge is 0.726 e. The molecule has 0 aliphatic carbocycles. The first kappa shape index (κ1) is 35.6. The highest BCUT2D eigenvalue weighted by Crippen LogP contribution is 2.29. The summed E-state index contributed by atoms with van der Waals surface area (Å²) in [6.07, 6.45) is 0.418. The summed E-state index contributed by atoms with van der Waals surface area (Å²) in [5, 5.41) is 3.23. The quantitative estimate of drug-likeness (QED) is 0.105. The fraction of sp³-hybridized carbons (Fsp3) is 0.214. The van der Waals surface area contributed by atoms with Gasteiger partial charge in [-0.2, -0.15) is 0 Å². The van der Waals surface area contributed by atoms with E-state index in [-0.39, 0.29) is 39.6 Å².